The maximum atomic E-state index is 7.65. The number of fused-ring (bicyclic) bond motifs is 1. The normalized spacial score (nSPS) is 14.6. The van der Waals surface area contributed by atoms with E-state index in [1.54, 1.807) is 11.8 Å². The molecule has 1 aromatic heterocycles. The van der Waals surface area contributed by atoms with E-state index in [9.17, 15) is 0 Å². The highest BCUT2D eigenvalue weighted by Gasteiger charge is 2.17. The molecule has 0 aliphatic carbocycles. The number of aryl methyl sites for hydroxylation is 1. The molecule has 0 saturated carbocycles. The van der Waals surface area contributed by atoms with Crippen molar-refractivity contribution in [3.8, 4) is 0 Å². The van der Waals surface area contributed by atoms with E-state index in [0.717, 1.165) is 34.4 Å². The Kier molecular flexibility index (Phi) is 3.73. The third-order valence-electron chi connectivity index (χ3n) is 3.45. The minimum Gasteiger partial charge on any atom is -0.384 e. The van der Waals surface area contributed by atoms with Gasteiger partial charge in [-0.2, -0.15) is 0 Å². The zero-order valence-corrected chi connectivity index (χ0v) is 12.0. The predicted molar refractivity (Wildman–Crippen MR) is 79.2 cm³/mol. The van der Waals surface area contributed by atoms with E-state index in [-0.39, 0.29) is 5.84 Å². The smallest absolute Gasteiger partial charge is 0.196 e. The van der Waals surface area contributed by atoms with Crippen LogP contribution >= 0.6 is 11.8 Å². The second-order valence-corrected chi connectivity index (χ2v) is 5.88. The first kappa shape index (κ1) is 13.2. The SMILES string of the molecule is N=C(N)c1ccccc1Sc1nnc2n1CCCCC2. The van der Waals surface area contributed by atoms with Gasteiger partial charge in [0.2, 0.25) is 0 Å². The van der Waals surface area contributed by atoms with Crippen molar-refractivity contribution in [3.63, 3.8) is 0 Å². The minimum atomic E-state index is 0.0868. The summed E-state index contributed by atoms with van der Waals surface area (Å²) in [4.78, 5) is 0.958. The topological polar surface area (TPSA) is 80.6 Å². The summed E-state index contributed by atoms with van der Waals surface area (Å²) < 4.78 is 2.20. The number of hydrogen-bond acceptors (Lipinski definition) is 4. The second-order valence-electron chi connectivity index (χ2n) is 4.87. The van der Waals surface area contributed by atoms with Crippen LogP contribution in [0.2, 0.25) is 0 Å². The first-order valence-corrected chi connectivity index (χ1v) is 7.60. The quantitative estimate of drug-likeness (QED) is 0.671. The van der Waals surface area contributed by atoms with Crippen LogP contribution in [0.3, 0.4) is 0 Å². The van der Waals surface area contributed by atoms with Crippen molar-refractivity contribution in [2.45, 2.75) is 42.3 Å². The molecule has 20 heavy (non-hydrogen) atoms. The summed E-state index contributed by atoms with van der Waals surface area (Å²) in [6, 6.07) is 7.68. The molecule has 6 heteroatoms. The number of nitrogens with two attached hydrogens (primary N) is 1. The average Bonchev–Trinajstić information content (AvgIpc) is 2.68. The van der Waals surface area contributed by atoms with Gasteiger partial charge in [0.15, 0.2) is 5.16 Å². The molecule has 5 nitrogen and oxygen atoms in total. The molecular weight excluding hydrogens is 270 g/mol. The van der Waals surface area contributed by atoms with Gasteiger partial charge < -0.3 is 10.3 Å². The number of hydrogen-bond donors (Lipinski definition) is 2. The van der Waals surface area contributed by atoms with Crippen LogP contribution in [-0.2, 0) is 13.0 Å². The molecule has 3 rings (SSSR count). The Balaban J connectivity index is 1.92. The van der Waals surface area contributed by atoms with Crippen LogP contribution < -0.4 is 5.73 Å². The summed E-state index contributed by atoms with van der Waals surface area (Å²) in [5.74, 6) is 1.16. The lowest BCUT2D eigenvalue weighted by Gasteiger charge is -2.09. The van der Waals surface area contributed by atoms with Gasteiger partial charge in [-0.15, -0.1) is 10.2 Å². The number of nitrogens with zero attached hydrogens (tertiary/aromatic N) is 3. The molecule has 0 radical (unpaired) electrons. The average molecular weight is 287 g/mol. The van der Waals surface area contributed by atoms with E-state index in [1.807, 2.05) is 24.3 Å². The van der Waals surface area contributed by atoms with Gasteiger partial charge in [0, 0.05) is 23.4 Å². The molecular formula is C14H17N5S. The molecule has 2 aromatic rings. The van der Waals surface area contributed by atoms with Crippen LogP contribution in [0.5, 0.6) is 0 Å². The summed E-state index contributed by atoms with van der Waals surface area (Å²) in [5.41, 5.74) is 6.39. The van der Waals surface area contributed by atoms with E-state index in [1.165, 1.54) is 19.3 Å². The third kappa shape index (κ3) is 2.56. The van der Waals surface area contributed by atoms with Gasteiger partial charge >= 0.3 is 0 Å². The molecule has 0 atom stereocenters. The number of nitrogen functional groups attached to an aromatic ring is 1. The van der Waals surface area contributed by atoms with Crippen LogP contribution in [0.25, 0.3) is 0 Å². The van der Waals surface area contributed by atoms with Gasteiger partial charge in [0.25, 0.3) is 0 Å². The summed E-state index contributed by atoms with van der Waals surface area (Å²) >= 11 is 1.54. The first-order chi connectivity index (χ1) is 9.75. The van der Waals surface area contributed by atoms with Gasteiger partial charge in [-0.25, -0.2) is 0 Å². The standard InChI is InChI=1S/C14H17N5S/c15-13(16)10-6-3-4-7-11(10)20-14-18-17-12-8-2-1-5-9-19(12)14/h3-4,6-7H,1-2,5,8-9H2,(H3,15,16). The monoisotopic (exact) mass is 287 g/mol. The Morgan fingerprint density at radius 2 is 2.05 bits per heavy atom. The number of aromatic nitrogens is 3. The van der Waals surface area contributed by atoms with Gasteiger partial charge in [0.1, 0.15) is 11.7 Å². The number of nitrogens with one attached hydrogen (secondary N) is 1. The van der Waals surface area contributed by atoms with E-state index in [4.69, 9.17) is 11.1 Å². The zero-order valence-electron chi connectivity index (χ0n) is 11.2. The molecule has 2 heterocycles. The molecule has 3 N–H and O–H groups in total. The summed E-state index contributed by atoms with van der Waals surface area (Å²) in [6.45, 7) is 0.979. The molecule has 1 aliphatic rings. The van der Waals surface area contributed by atoms with Gasteiger partial charge in [0.05, 0.1) is 0 Å². The second kappa shape index (κ2) is 5.66. The maximum Gasteiger partial charge on any atom is 0.196 e. The van der Waals surface area contributed by atoms with Crippen LogP contribution in [0.1, 0.15) is 30.7 Å². The van der Waals surface area contributed by atoms with Crippen molar-refractivity contribution in [2.75, 3.05) is 0 Å². The molecule has 0 fully saturated rings. The molecule has 0 spiro atoms. The fourth-order valence-electron chi connectivity index (χ4n) is 2.41. The van der Waals surface area contributed by atoms with E-state index in [2.05, 4.69) is 14.8 Å². The lowest BCUT2D eigenvalue weighted by atomic mass is 10.2. The summed E-state index contributed by atoms with van der Waals surface area (Å²) in [5, 5.41) is 17.1. The van der Waals surface area contributed by atoms with Gasteiger partial charge in [-0.05, 0) is 30.7 Å². The Bertz CT molecular complexity index is 634. The fourth-order valence-corrected chi connectivity index (χ4v) is 3.43. The summed E-state index contributed by atoms with van der Waals surface area (Å²) in [6.07, 6.45) is 4.61. The molecule has 0 amide bonds. The van der Waals surface area contributed by atoms with Crippen molar-refractivity contribution in [1.29, 1.82) is 5.41 Å². The van der Waals surface area contributed by atoms with E-state index < -0.39 is 0 Å². The third-order valence-corrected chi connectivity index (χ3v) is 4.51. The van der Waals surface area contributed by atoms with Crippen molar-refractivity contribution in [2.24, 2.45) is 5.73 Å². The van der Waals surface area contributed by atoms with E-state index >= 15 is 0 Å². The van der Waals surface area contributed by atoms with E-state index in [0.29, 0.717) is 0 Å². The summed E-state index contributed by atoms with van der Waals surface area (Å²) in [7, 11) is 0. The molecule has 0 bridgehead atoms. The molecule has 1 aromatic carbocycles. The number of amidine groups is 1. The van der Waals surface area contributed by atoms with Crippen molar-refractivity contribution < 1.29 is 0 Å². The van der Waals surface area contributed by atoms with Gasteiger partial charge in [-0.3, -0.25) is 5.41 Å². The Morgan fingerprint density at radius 3 is 2.90 bits per heavy atom. The predicted octanol–water partition coefficient (Wildman–Crippen LogP) is 2.44. The largest absolute Gasteiger partial charge is 0.384 e. The van der Waals surface area contributed by atoms with Crippen molar-refractivity contribution >= 4 is 17.6 Å². The Labute approximate surface area is 122 Å². The fraction of sp³-hybridized carbons (Fsp3) is 0.357. The highest BCUT2D eigenvalue weighted by Crippen LogP contribution is 2.30. The highest BCUT2D eigenvalue weighted by atomic mass is 32.2. The lowest BCUT2D eigenvalue weighted by Crippen LogP contribution is -2.12. The Hall–Kier alpha value is -1.82. The Morgan fingerprint density at radius 1 is 1.20 bits per heavy atom. The molecule has 104 valence electrons. The zero-order chi connectivity index (χ0) is 13.9. The van der Waals surface area contributed by atoms with Crippen LogP contribution in [-0.4, -0.2) is 20.6 Å². The van der Waals surface area contributed by atoms with Crippen LogP contribution in [0.4, 0.5) is 0 Å². The van der Waals surface area contributed by atoms with Crippen molar-refractivity contribution in [1.82, 2.24) is 14.8 Å². The molecule has 0 saturated heterocycles. The first-order valence-electron chi connectivity index (χ1n) is 6.79. The van der Waals surface area contributed by atoms with Crippen LogP contribution in [0, 0.1) is 5.41 Å². The number of benzene rings is 1. The molecule has 1 aliphatic heterocycles. The lowest BCUT2D eigenvalue weighted by molar-refractivity contribution is 0.591. The number of rotatable bonds is 3. The van der Waals surface area contributed by atoms with Gasteiger partial charge in [-0.1, -0.05) is 24.6 Å². The minimum absolute atomic E-state index is 0.0868. The maximum absolute atomic E-state index is 7.65. The van der Waals surface area contributed by atoms with Crippen molar-refractivity contribution in [3.05, 3.63) is 35.7 Å². The van der Waals surface area contributed by atoms with Crippen LogP contribution in [0.15, 0.2) is 34.3 Å². The molecule has 0 unspecified atom stereocenters. The highest BCUT2D eigenvalue weighted by molar-refractivity contribution is 7.99.